The monoisotopic (exact) mass is 413 g/mol. The lowest BCUT2D eigenvalue weighted by Crippen LogP contribution is -2.47. The van der Waals surface area contributed by atoms with Crippen LogP contribution in [0.5, 0.6) is 0 Å². The second-order valence-electron chi connectivity index (χ2n) is 7.63. The number of rotatable bonds is 7. The zero-order valence-electron chi connectivity index (χ0n) is 17.8. The first-order valence-corrected chi connectivity index (χ1v) is 11.3. The summed E-state index contributed by atoms with van der Waals surface area (Å²) in [6.45, 7) is 12.2. The molecule has 0 radical (unpaired) electrons. The molecule has 0 saturated carbocycles. The highest BCUT2D eigenvalue weighted by Crippen LogP contribution is 2.24. The van der Waals surface area contributed by atoms with Crippen LogP contribution >= 0.6 is 11.8 Å². The minimum absolute atomic E-state index is 0.0282. The number of nitrogens with zero attached hydrogens (tertiary/aromatic N) is 4. The number of amides is 1. The van der Waals surface area contributed by atoms with Crippen molar-refractivity contribution in [2.45, 2.75) is 45.3 Å². The number of hydrogen-bond donors (Lipinski definition) is 1. The van der Waals surface area contributed by atoms with Gasteiger partial charge < -0.3 is 15.1 Å². The van der Waals surface area contributed by atoms with Crippen molar-refractivity contribution >= 4 is 29.2 Å². The number of benzene rings is 1. The molecule has 2 aromatic rings. The van der Waals surface area contributed by atoms with Crippen LogP contribution in [0.25, 0.3) is 0 Å². The summed E-state index contributed by atoms with van der Waals surface area (Å²) in [7, 11) is 0. The molecule has 1 aliphatic rings. The first-order valence-electron chi connectivity index (χ1n) is 10.3. The molecule has 1 aliphatic heterocycles. The number of hydrogen-bond acceptors (Lipinski definition) is 6. The Labute approximate surface area is 178 Å². The smallest absolute Gasteiger partial charge is 0.230 e. The Kier molecular flexibility index (Phi) is 7.36. The van der Waals surface area contributed by atoms with Gasteiger partial charge in [-0.2, -0.15) is 0 Å². The predicted octanol–water partition coefficient (Wildman–Crippen LogP) is 3.43. The molecule has 1 aromatic carbocycles. The Morgan fingerprint density at radius 2 is 1.90 bits per heavy atom. The molecule has 0 aliphatic carbocycles. The summed E-state index contributed by atoms with van der Waals surface area (Å²) in [4.78, 5) is 25.7. The van der Waals surface area contributed by atoms with E-state index in [2.05, 4.69) is 64.1 Å². The van der Waals surface area contributed by atoms with E-state index in [0.29, 0.717) is 10.9 Å². The molecule has 29 heavy (non-hydrogen) atoms. The van der Waals surface area contributed by atoms with Gasteiger partial charge in [-0.25, -0.2) is 9.97 Å². The van der Waals surface area contributed by atoms with Crippen LogP contribution in [-0.4, -0.2) is 53.8 Å². The van der Waals surface area contributed by atoms with Gasteiger partial charge in [0.25, 0.3) is 0 Å². The molecule has 1 atom stereocenters. The number of piperazine rings is 1. The highest BCUT2D eigenvalue weighted by atomic mass is 32.2. The number of nitrogens with one attached hydrogen (secondary N) is 1. The Bertz CT molecular complexity index is 836. The van der Waals surface area contributed by atoms with Crippen LogP contribution in [0.3, 0.4) is 0 Å². The Morgan fingerprint density at radius 1 is 1.17 bits per heavy atom. The molecule has 2 heterocycles. The zero-order valence-corrected chi connectivity index (χ0v) is 18.6. The summed E-state index contributed by atoms with van der Waals surface area (Å²) < 4.78 is 0. The summed E-state index contributed by atoms with van der Waals surface area (Å²) in [6.07, 6.45) is 2.71. The Balaban J connectivity index is 1.56. The number of carbonyl (C=O) groups is 1. The lowest BCUT2D eigenvalue weighted by Gasteiger charge is -2.37. The average molecular weight is 414 g/mol. The summed E-state index contributed by atoms with van der Waals surface area (Å²) in [5, 5.41) is 3.63. The summed E-state index contributed by atoms with van der Waals surface area (Å²) in [5.41, 5.74) is 3.94. The second-order valence-corrected chi connectivity index (χ2v) is 8.57. The fourth-order valence-corrected chi connectivity index (χ4v) is 4.00. The van der Waals surface area contributed by atoms with Gasteiger partial charge in [-0.05, 0) is 50.5 Å². The van der Waals surface area contributed by atoms with Gasteiger partial charge in [0.1, 0.15) is 5.82 Å². The van der Waals surface area contributed by atoms with Gasteiger partial charge in [-0.1, -0.05) is 30.8 Å². The van der Waals surface area contributed by atoms with Gasteiger partial charge in [0.2, 0.25) is 5.91 Å². The fraction of sp³-hybridized carbons (Fsp3) is 0.500. The van der Waals surface area contributed by atoms with Gasteiger partial charge in [0.15, 0.2) is 5.16 Å². The number of aryl methyl sites for hydroxylation is 2. The molecule has 1 amide bonds. The molecule has 156 valence electrons. The first kappa shape index (κ1) is 21.4. The number of aromatic nitrogens is 2. The number of anilines is 2. The van der Waals surface area contributed by atoms with E-state index in [9.17, 15) is 4.79 Å². The van der Waals surface area contributed by atoms with Crippen molar-refractivity contribution < 1.29 is 4.79 Å². The van der Waals surface area contributed by atoms with Crippen molar-refractivity contribution in [3.63, 3.8) is 0 Å². The van der Waals surface area contributed by atoms with Crippen LogP contribution in [0, 0.1) is 13.8 Å². The van der Waals surface area contributed by atoms with Crippen LogP contribution in [0.2, 0.25) is 0 Å². The van der Waals surface area contributed by atoms with E-state index < -0.39 is 0 Å². The molecule has 7 heteroatoms. The van der Waals surface area contributed by atoms with Crippen molar-refractivity contribution in [3.8, 4) is 0 Å². The van der Waals surface area contributed by atoms with Crippen LogP contribution < -0.4 is 15.1 Å². The van der Waals surface area contributed by atoms with Gasteiger partial charge in [-0.3, -0.25) is 4.79 Å². The second kappa shape index (κ2) is 9.96. The topological polar surface area (TPSA) is 61.4 Å². The minimum Gasteiger partial charge on any atom is -0.368 e. The van der Waals surface area contributed by atoms with Crippen LogP contribution in [0.15, 0.2) is 35.6 Å². The molecule has 1 fully saturated rings. The molecule has 1 saturated heterocycles. The van der Waals surface area contributed by atoms with Crippen molar-refractivity contribution in [1.82, 2.24) is 15.3 Å². The third-order valence-electron chi connectivity index (χ3n) is 5.28. The van der Waals surface area contributed by atoms with E-state index in [0.717, 1.165) is 38.4 Å². The SMILES string of the molecule is CC[C@H](C)NC(=O)CSc1nccc(N2CCN(c3cc(C)ccc3C)CC2)n1. The van der Waals surface area contributed by atoms with E-state index >= 15 is 0 Å². The minimum atomic E-state index is 0.0282. The van der Waals surface area contributed by atoms with E-state index in [1.165, 1.54) is 28.6 Å². The highest BCUT2D eigenvalue weighted by molar-refractivity contribution is 7.99. The summed E-state index contributed by atoms with van der Waals surface area (Å²) in [6, 6.07) is 8.79. The highest BCUT2D eigenvalue weighted by Gasteiger charge is 2.20. The van der Waals surface area contributed by atoms with Gasteiger partial charge >= 0.3 is 0 Å². The Hall–Kier alpha value is -2.28. The van der Waals surface area contributed by atoms with Crippen LogP contribution in [0.1, 0.15) is 31.4 Å². The molecule has 0 unspecified atom stereocenters. The van der Waals surface area contributed by atoms with E-state index in [1.807, 2.05) is 13.0 Å². The molecular formula is C22H31N5OS. The van der Waals surface area contributed by atoms with Crippen LogP contribution in [-0.2, 0) is 4.79 Å². The maximum Gasteiger partial charge on any atom is 0.230 e. The molecular weight excluding hydrogens is 382 g/mol. The average Bonchev–Trinajstić information content (AvgIpc) is 2.74. The van der Waals surface area contributed by atoms with Gasteiger partial charge in [-0.15, -0.1) is 0 Å². The van der Waals surface area contributed by atoms with Crippen molar-refractivity contribution in [3.05, 3.63) is 41.6 Å². The predicted molar refractivity (Wildman–Crippen MR) is 121 cm³/mol. The zero-order chi connectivity index (χ0) is 20.8. The van der Waals surface area contributed by atoms with Gasteiger partial charge in [0.05, 0.1) is 5.75 Å². The normalized spacial score (nSPS) is 15.3. The molecule has 0 spiro atoms. The third kappa shape index (κ3) is 5.85. The molecule has 3 rings (SSSR count). The lowest BCUT2D eigenvalue weighted by molar-refractivity contribution is -0.119. The standard InChI is InChI=1S/C22H31N5OS/c1-5-18(4)24-21(28)15-29-22-23-9-8-20(25-22)27-12-10-26(11-13-27)19-14-16(2)6-7-17(19)3/h6-9,14,18H,5,10-13,15H2,1-4H3,(H,24,28)/t18-/m0/s1. The van der Waals surface area contributed by atoms with Crippen LogP contribution in [0.4, 0.5) is 11.5 Å². The quantitative estimate of drug-likeness (QED) is 0.554. The van der Waals surface area contributed by atoms with Gasteiger partial charge in [0, 0.05) is 44.1 Å². The lowest BCUT2D eigenvalue weighted by atomic mass is 10.1. The van der Waals surface area contributed by atoms with Crippen molar-refractivity contribution in [1.29, 1.82) is 0 Å². The maximum absolute atomic E-state index is 12.0. The molecule has 1 N–H and O–H groups in total. The molecule has 6 nitrogen and oxygen atoms in total. The van der Waals surface area contributed by atoms with E-state index in [4.69, 9.17) is 0 Å². The fourth-order valence-electron chi connectivity index (χ4n) is 3.36. The summed E-state index contributed by atoms with van der Waals surface area (Å²) in [5.74, 6) is 1.31. The number of carbonyl (C=O) groups excluding carboxylic acids is 1. The van der Waals surface area contributed by atoms with Crippen molar-refractivity contribution in [2.24, 2.45) is 0 Å². The summed E-state index contributed by atoms with van der Waals surface area (Å²) >= 11 is 1.39. The van der Waals surface area contributed by atoms with E-state index in [-0.39, 0.29) is 11.9 Å². The molecule has 0 bridgehead atoms. The Morgan fingerprint density at radius 3 is 2.62 bits per heavy atom. The third-order valence-corrected chi connectivity index (χ3v) is 6.14. The first-order chi connectivity index (χ1) is 14.0. The van der Waals surface area contributed by atoms with Crippen molar-refractivity contribution in [2.75, 3.05) is 41.7 Å². The van der Waals surface area contributed by atoms with E-state index in [1.54, 1.807) is 6.20 Å². The number of thioether (sulfide) groups is 1. The largest absolute Gasteiger partial charge is 0.368 e. The maximum atomic E-state index is 12.0. The molecule has 1 aromatic heterocycles.